The van der Waals surface area contributed by atoms with Gasteiger partial charge >= 0.3 is 0 Å². The Balaban J connectivity index is 2.09. The summed E-state index contributed by atoms with van der Waals surface area (Å²) in [6.45, 7) is 4.95. The van der Waals surface area contributed by atoms with E-state index in [9.17, 15) is 0 Å². The number of rotatable bonds is 5. The lowest BCUT2D eigenvalue weighted by Gasteiger charge is -2.08. The van der Waals surface area contributed by atoms with Gasteiger partial charge in [-0.1, -0.05) is 35.4 Å². The summed E-state index contributed by atoms with van der Waals surface area (Å²) in [6, 6.07) is 10.8. The zero-order valence-electron chi connectivity index (χ0n) is 11.5. The molecule has 0 saturated heterocycles. The third-order valence-corrected chi connectivity index (χ3v) is 4.04. The number of aryl methyl sites for hydroxylation is 2. The molecule has 0 fully saturated rings. The van der Waals surface area contributed by atoms with E-state index in [2.05, 4.69) is 43.1 Å². The van der Waals surface area contributed by atoms with Crippen molar-refractivity contribution >= 4 is 11.8 Å². The molecule has 2 nitrogen and oxygen atoms in total. The van der Waals surface area contributed by atoms with Gasteiger partial charge in [-0.2, -0.15) is 0 Å². The van der Waals surface area contributed by atoms with E-state index in [1.165, 1.54) is 22.3 Å². The average Bonchev–Trinajstić information content (AvgIpc) is 2.37. The predicted octanol–water partition coefficient (Wildman–Crippen LogP) is 3.49. The highest BCUT2D eigenvalue weighted by Crippen LogP contribution is 2.25. The minimum Gasteiger partial charge on any atom is -0.330 e. The van der Waals surface area contributed by atoms with Crippen molar-refractivity contribution in [3.63, 3.8) is 0 Å². The molecule has 0 bridgehead atoms. The summed E-state index contributed by atoms with van der Waals surface area (Å²) in [7, 11) is 0. The van der Waals surface area contributed by atoms with Crippen molar-refractivity contribution in [2.75, 3.05) is 6.54 Å². The van der Waals surface area contributed by atoms with E-state index in [4.69, 9.17) is 5.73 Å². The van der Waals surface area contributed by atoms with Gasteiger partial charge in [-0.25, -0.2) is 4.98 Å². The standard InChI is InChI=1S/C16H20N2S/c1-12-8-13(2)10-14(9-12)11-19-16-15(5-6-17)4-3-7-18-16/h3-4,7-10H,5-6,11,17H2,1-2H3. The monoisotopic (exact) mass is 272 g/mol. The maximum absolute atomic E-state index is 5.64. The van der Waals surface area contributed by atoms with Crippen molar-refractivity contribution in [2.45, 2.75) is 31.0 Å². The molecule has 2 rings (SSSR count). The first-order chi connectivity index (χ1) is 9.19. The van der Waals surface area contributed by atoms with Gasteiger partial charge in [0, 0.05) is 11.9 Å². The summed E-state index contributed by atoms with van der Waals surface area (Å²) in [5.41, 5.74) is 10.9. The van der Waals surface area contributed by atoms with Crippen LogP contribution in [0.2, 0.25) is 0 Å². The molecular weight excluding hydrogens is 252 g/mol. The maximum Gasteiger partial charge on any atom is 0.0995 e. The van der Waals surface area contributed by atoms with Gasteiger partial charge < -0.3 is 5.73 Å². The second-order valence-electron chi connectivity index (χ2n) is 4.79. The summed E-state index contributed by atoms with van der Waals surface area (Å²) in [4.78, 5) is 4.46. The summed E-state index contributed by atoms with van der Waals surface area (Å²) >= 11 is 1.79. The van der Waals surface area contributed by atoms with Crippen LogP contribution >= 0.6 is 11.8 Å². The number of hydrogen-bond donors (Lipinski definition) is 1. The van der Waals surface area contributed by atoms with Gasteiger partial charge in [0.05, 0.1) is 5.03 Å². The molecule has 0 amide bonds. The van der Waals surface area contributed by atoms with Gasteiger partial charge in [0.15, 0.2) is 0 Å². The normalized spacial score (nSPS) is 10.7. The van der Waals surface area contributed by atoms with Crippen LogP contribution in [-0.2, 0) is 12.2 Å². The first-order valence-electron chi connectivity index (χ1n) is 6.53. The van der Waals surface area contributed by atoms with Crippen LogP contribution in [0.4, 0.5) is 0 Å². The van der Waals surface area contributed by atoms with Gasteiger partial charge in [-0.3, -0.25) is 0 Å². The Kier molecular flexibility index (Phi) is 5.00. The SMILES string of the molecule is Cc1cc(C)cc(CSc2ncccc2CCN)c1. The van der Waals surface area contributed by atoms with Crippen LogP contribution in [0.15, 0.2) is 41.6 Å². The largest absolute Gasteiger partial charge is 0.330 e. The average molecular weight is 272 g/mol. The Morgan fingerprint density at radius 1 is 1.16 bits per heavy atom. The van der Waals surface area contributed by atoms with Crippen molar-refractivity contribution < 1.29 is 0 Å². The molecule has 3 heteroatoms. The van der Waals surface area contributed by atoms with E-state index in [1.807, 2.05) is 12.3 Å². The van der Waals surface area contributed by atoms with Crippen LogP contribution in [0.25, 0.3) is 0 Å². The van der Waals surface area contributed by atoms with Gasteiger partial charge in [0.1, 0.15) is 0 Å². The van der Waals surface area contributed by atoms with E-state index < -0.39 is 0 Å². The summed E-state index contributed by atoms with van der Waals surface area (Å²) in [6.07, 6.45) is 2.74. The third-order valence-electron chi connectivity index (χ3n) is 2.92. The summed E-state index contributed by atoms with van der Waals surface area (Å²) in [5.74, 6) is 0.955. The fraction of sp³-hybridized carbons (Fsp3) is 0.312. The van der Waals surface area contributed by atoms with Crippen LogP contribution < -0.4 is 5.73 Å². The van der Waals surface area contributed by atoms with E-state index in [0.29, 0.717) is 6.54 Å². The molecule has 0 aliphatic heterocycles. The molecule has 0 radical (unpaired) electrons. The molecular formula is C16H20N2S. The lowest BCUT2D eigenvalue weighted by molar-refractivity contribution is 0.911. The summed E-state index contributed by atoms with van der Waals surface area (Å²) < 4.78 is 0. The minimum absolute atomic E-state index is 0.669. The van der Waals surface area contributed by atoms with Gasteiger partial charge in [-0.15, -0.1) is 11.8 Å². The Bertz CT molecular complexity index is 532. The number of pyridine rings is 1. The Morgan fingerprint density at radius 3 is 2.58 bits per heavy atom. The minimum atomic E-state index is 0.669. The predicted molar refractivity (Wildman–Crippen MR) is 82.5 cm³/mol. The third kappa shape index (κ3) is 4.08. The van der Waals surface area contributed by atoms with Gasteiger partial charge in [-0.05, 0) is 44.0 Å². The highest BCUT2D eigenvalue weighted by Gasteiger charge is 2.04. The van der Waals surface area contributed by atoms with E-state index >= 15 is 0 Å². The van der Waals surface area contributed by atoms with Crippen molar-refractivity contribution in [3.05, 3.63) is 58.8 Å². The molecule has 1 aromatic carbocycles. The molecule has 1 heterocycles. The van der Waals surface area contributed by atoms with E-state index in [-0.39, 0.29) is 0 Å². The molecule has 0 aliphatic carbocycles. The van der Waals surface area contributed by atoms with Crippen LogP contribution in [-0.4, -0.2) is 11.5 Å². The highest BCUT2D eigenvalue weighted by atomic mass is 32.2. The second kappa shape index (κ2) is 6.73. The fourth-order valence-electron chi connectivity index (χ4n) is 2.20. The molecule has 100 valence electrons. The number of benzene rings is 1. The zero-order valence-corrected chi connectivity index (χ0v) is 12.3. The molecule has 0 aliphatic rings. The van der Waals surface area contributed by atoms with E-state index in [0.717, 1.165) is 17.2 Å². The highest BCUT2D eigenvalue weighted by molar-refractivity contribution is 7.98. The topological polar surface area (TPSA) is 38.9 Å². The smallest absolute Gasteiger partial charge is 0.0995 e. The lowest BCUT2D eigenvalue weighted by Crippen LogP contribution is -2.04. The fourth-order valence-corrected chi connectivity index (χ4v) is 3.16. The van der Waals surface area contributed by atoms with Gasteiger partial charge in [0.25, 0.3) is 0 Å². The van der Waals surface area contributed by atoms with Crippen molar-refractivity contribution in [2.24, 2.45) is 5.73 Å². The summed E-state index contributed by atoms with van der Waals surface area (Å²) in [5, 5.41) is 1.10. The number of hydrogen-bond acceptors (Lipinski definition) is 3. The Labute approximate surface area is 119 Å². The van der Waals surface area contributed by atoms with Crippen LogP contribution in [0.3, 0.4) is 0 Å². The quantitative estimate of drug-likeness (QED) is 0.847. The van der Waals surface area contributed by atoms with Crippen LogP contribution in [0.1, 0.15) is 22.3 Å². The lowest BCUT2D eigenvalue weighted by atomic mass is 10.1. The zero-order chi connectivity index (χ0) is 13.7. The van der Waals surface area contributed by atoms with E-state index in [1.54, 1.807) is 11.8 Å². The van der Waals surface area contributed by atoms with Crippen LogP contribution in [0, 0.1) is 13.8 Å². The second-order valence-corrected chi connectivity index (χ2v) is 5.76. The molecule has 0 spiro atoms. The number of thioether (sulfide) groups is 1. The van der Waals surface area contributed by atoms with Crippen molar-refractivity contribution in [3.8, 4) is 0 Å². The van der Waals surface area contributed by atoms with Crippen molar-refractivity contribution in [1.82, 2.24) is 4.98 Å². The maximum atomic E-state index is 5.64. The van der Waals surface area contributed by atoms with Crippen molar-refractivity contribution in [1.29, 1.82) is 0 Å². The molecule has 0 saturated carbocycles. The molecule has 19 heavy (non-hydrogen) atoms. The molecule has 0 atom stereocenters. The number of nitrogens with zero attached hydrogens (tertiary/aromatic N) is 1. The molecule has 2 aromatic rings. The molecule has 2 N–H and O–H groups in total. The van der Waals surface area contributed by atoms with Crippen LogP contribution in [0.5, 0.6) is 0 Å². The Hall–Kier alpha value is -1.32. The number of aromatic nitrogens is 1. The first-order valence-corrected chi connectivity index (χ1v) is 7.51. The molecule has 1 aromatic heterocycles. The number of nitrogens with two attached hydrogens (primary N) is 1. The Morgan fingerprint density at radius 2 is 1.89 bits per heavy atom. The molecule has 0 unspecified atom stereocenters. The van der Waals surface area contributed by atoms with Gasteiger partial charge in [0.2, 0.25) is 0 Å². The first kappa shape index (κ1) is 14.1.